The summed E-state index contributed by atoms with van der Waals surface area (Å²) < 4.78 is 5.31. The normalized spacial score (nSPS) is 19.2. The number of carboxylic acid groups (broad SMARTS) is 1. The highest BCUT2D eigenvalue weighted by molar-refractivity contribution is 5.94. The summed E-state index contributed by atoms with van der Waals surface area (Å²) >= 11 is 0. The van der Waals surface area contributed by atoms with Crippen molar-refractivity contribution in [1.29, 1.82) is 0 Å². The Balaban J connectivity index is 2.48. The number of carbonyl (C=O) groups excluding carboxylic acids is 2. The number of nitrogens with zero attached hydrogens (tertiary/aromatic N) is 1. The number of rotatable bonds is 4. The van der Waals surface area contributed by atoms with E-state index in [0.717, 1.165) is 0 Å². The molecular formula is C13H22N2O5. The first-order chi connectivity index (χ1) is 9.22. The van der Waals surface area contributed by atoms with Crippen LogP contribution in [-0.4, -0.2) is 53.2 Å². The number of hydrogen-bond donors (Lipinski definition) is 2. The first-order valence-electron chi connectivity index (χ1n) is 6.63. The number of imide groups is 1. The van der Waals surface area contributed by atoms with Gasteiger partial charge in [0.15, 0.2) is 0 Å². The predicted molar refractivity (Wildman–Crippen MR) is 71.2 cm³/mol. The first kappa shape index (κ1) is 16.4. The van der Waals surface area contributed by atoms with Crippen molar-refractivity contribution in [3.63, 3.8) is 0 Å². The van der Waals surface area contributed by atoms with E-state index >= 15 is 0 Å². The van der Waals surface area contributed by atoms with Gasteiger partial charge in [-0.05, 0) is 19.8 Å². The summed E-state index contributed by atoms with van der Waals surface area (Å²) in [4.78, 5) is 35.9. The monoisotopic (exact) mass is 286 g/mol. The van der Waals surface area contributed by atoms with Gasteiger partial charge >= 0.3 is 12.0 Å². The Kier molecular flexibility index (Phi) is 5.50. The molecular weight excluding hydrogens is 264 g/mol. The molecule has 3 amide bonds. The summed E-state index contributed by atoms with van der Waals surface area (Å²) in [7, 11) is 0. The van der Waals surface area contributed by atoms with Crippen LogP contribution in [0.3, 0.4) is 0 Å². The number of nitrogens with one attached hydrogen (secondary N) is 1. The number of carboxylic acids is 1. The second kappa shape index (κ2) is 6.69. The van der Waals surface area contributed by atoms with Crippen LogP contribution in [-0.2, 0) is 14.3 Å². The van der Waals surface area contributed by atoms with Crippen LogP contribution in [0.25, 0.3) is 0 Å². The number of aliphatic carboxylic acids is 1. The SMILES string of the molecule is CC(CC(=O)O)CC(=O)NC(=O)N1CCOCC1(C)C. The molecule has 0 radical (unpaired) electrons. The summed E-state index contributed by atoms with van der Waals surface area (Å²) in [5.41, 5.74) is -0.463. The van der Waals surface area contributed by atoms with E-state index in [1.807, 2.05) is 13.8 Å². The summed E-state index contributed by atoms with van der Waals surface area (Å²) in [6.07, 6.45) is -0.0759. The van der Waals surface area contributed by atoms with Crippen molar-refractivity contribution in [3.8, 4) is 0 Å². The summed E-state index contributed by atoms with van der Waals surface area (Å²) in [6.45, 7) is 6.69. The maximum Gasteiger partial charge on any atom is 0.324 e. The van der Waals surface area contributed by atoms with Crippen molar-refractivity contribution >= 4 is 17.9 Å². The van der Waals surface area contributed by atoms with E-state index in [4.69, 9.17) is 9.84 Å². The van der Waals surface area contributed by atoms with Crippen LogP contribution in [0.4, 0.5) is 4.79 Å². The number of ether oxygens (including phenoxy) is 1. The third-order valence-electron chi connectivity index (χ3n) is 3.19. The molecule has 0 aromatic carbocycles. The van der Waals surface area contributed by atoms with Crippen molar-refractivity contribution in [2.24, 2.45) is 5.92 Å². The van der Waals surface area contributed by atoms with Crippen molar-refractivity contribution in [2.45, 2.75) is 39.2 Å². The molecule has 0 bridgehead atoms. The Morgan fingerprint density at radius 1 is 1.35 bits per heavy atom. The number of amides is 3. The molecule has 1 saturated heterocycles. The summed E-state index contributed by atoms with van der Waals surface area (Å²) in [5, 5.41) is 10.9. The van der Waals surface area contributed by atoms with E-state index in [1.54, 1.807) is 11.8 Å². The van der Waals surface area contributed by atoms with Crippen LogP contribution in [0.2, 0.25) is 0 Å². The van der Waals surface area contributed by atoms with Crippen LogP contribution in [0.5, 0.6) is 0 Å². The van der Waals surface area contributed by atoms with Crippen LogP contribution >= 0.6 is 0 Å². The number of carbonyl (C=O) groups is 3. The van der Waals surface area contributed by atoms with Gasteiger partial charge in [0.25, 0.3) is 0 Å². The second-order valence-corrected chi connectivity index (χ2v) is 5.78. The maximum absolute atomic E-state index is 12.0. The number of hydrogen-bond acceptors (Lipinski definition) is 4. The smallest absolute Gasteiger partial charge is 0.324 e. The Morgan fingerprint density at radius 2 is 2.00 bits per heavy atom. The predicted octanol–water partition coefficient (Wildman–Crippen LogP) is 0.834. The molecule has 0 aromatic rings. The molecule has 1 atom stereocenters. The van der Waals surface area contributed by atoms with E-state index in [1.165, 1.54) is 0 Å². The third-order valence-corrected chi connectivity index (χ3v) is 3.19. The van der Waals surface area contributed by atoms with E-state index in [-0.39, 0.29) is 18.8 Å². The minimum Gasteiger partial charge on any atom is -0.481 e. The lowest BCUT2D eigenvalue weighted by Gasteiger charge is -2.41. The van der Waals surface area contributed by atoms with Gasteiger partial charge in [-0.2, -0.15) is 0 Å². The van der Waals surface area contributed by atoms with Gasteiger partial charge in [-0.25, -0.2) is 4.79 Å². The standard InChI is InChI=1S/C13H22N2O5/c1-9(7-11(17)18)6-10(16)14-12(19)15-4-5-20-8-13(15,2)3/h9H,4-8H2,1-3H3,(H,17,18)(H,14,16,19). The average Bonchev–Trinajstić information content (AvgIpc) is 2.25. The molecule has 7 nitrogen and oxygen atoms in total. The fourth-order valence-electron chi connectivity index (χ4n) is 2.16. The minimum atomic E-state index is -0.953. The average molecular weight is 286 g/mol. The summed E-state index contributed by atoms with van der Waals surface area (Å²) in [5.74, 6) is -1.71. The molecule has 1 unspecified atom stereocenters. The van der Waals surface area contributed by atoms with E-state index in [2.05, 4.69) is 5.32 Å². The van der Waals surface area contributed by atoms with Crippen LogP contribution in [0, 0.1) is 5.92 Å². The van der Waals surface area contributed by atoms with Gasteiger partial charge in [-0.1, -0.05) is 6.92 Å². The van der Waals surface area contributed by atoms with Crippen molar-refractivity contribution < 1.29 is 24.2 Å². The Bertz CT molecular complexity index is 394. The molecule has 1 aliphatic heterocycles. The van der Waals surface area contributed by atoms with Crippen LogP contribution in [0.1, 0.15) is 33.6 Å². The molecule has 7 heteroatoms. The molecule has 1 fully saturated rings. The highest BCUT2D eigenvalue weighted by Gasteiger charge is 2.34. The van der Waals surface area contributed by atoms with Crippen LogP contribution < -0.4 is 5.32 Å². The van der Waals surface area contributed by atoms with Crippen molar-refractivity contribution in [1.82, 2.24) is 10.2 Å². The Labute approximate surface area is 118 Å². The quantitative estimate of drug-likeness (QED) is 0.798. The van der Waals surface area contributed by atoms with Gasteiger partial charge in [0.05, 0.1) is 18.8 Å². The van der Waals surface area contributed by atoms with Crippen molar-refractivity contribution in [3.05, 3.63) is 0 Å². The molecule has 1 aliphatic rings. The van der Waals surface area contributed by atoms with Gasteiger partial charge in [0.2, 0.25) is 5.91 Å². The fraction of sp³-hybridized carbons (Fsp3) is 0.769. The summed E-state index contributed by atoms with van der Waals surface area (Å²) in [6, 6.07) is -0.453. The maximum atomic E-state index is 12.0. The zero-order valence-corrected chi connectivity index (χ0v) is 12.1. The highest BCUT2D eigenvalue weighted by atomic mass is 16.5. The topological polar surface area (TPSA) is 95.9 Å². The number of urea groups is 1. The third kappa shape index (κ3) is 4.80. The lowest BCUT2D eigenvalue weighted by molar-refractivity contribution is -0.138. The Morgan fingerprint density at radius 3 is 2.55 bits per heavy atom. The molecule has 0 aliphatic carbocycles. The van der Waals surface area contributed by atoms with Gasteiger partial charge in [-0.15, -0.1) is 0 Å². The lowest BCUT2D eigenvalue weighted by Crippen LogP contribution is -2.59. The molecule has 1 rings (SSSR count). The fourth-order valence-corrected chi connectivity index (χ4v) is 2.16. The van der Waals surface area contributed by atoms with Gasteiger partial charge in [0, 0.05) is 19.4 Å². The zero-order valence-electron chi connectivity index (χ0n) is 12.1. The number of morpholine rings is 1. The zero-order chi connectivity index (χ0) is 15.3. The molecule has 20 heavy (non-hydrogen) atoms. The first-order valence-corrected chi connectivity index (χ1v) is 6.63. The molecule has 114 valence electrons. The molecule has 0 spiro atoms. The van der Waals surface area contributed by atoms with E-state index in [9.17, 15) is 14.4 Å². The van der Waals surface area contributed by atoms with Gasteiger partial charge in [0.1, 0.15) is 0 Å². The molecule has 0 saturated carbocycles. The van der Waals surface area contributed by atoms with Gasteiger partial charge in [-0.3, -0.25) is 14.9 Å². The second-order valence-electron chi connectivity index (χ2n) is 5.78. The van der Waals surface area contributed by atoms with Crippen molar-refractivity contribution in [2.75, 3.05) is 19.8 Å². The molecule has 2 N–H and O–H groups in total. The van der Waals surface area contributed by atoms with E-state index < -0.39 is 23.4 Å². The largest absolute Gasteiger partial charge is 0.481 e. The Hall–Kier alpha value is -1.63. The lowest BCUT2D eigenvalue weighted by atomic mass is 10.0. The molecule has 0 aromatic heterocycles. The highest BCUT2D eigenvalue weighted by Crippen LogP contribution is 2.19. The minimum absolute atomic E-state index is 0.0167. The molecule has 1 heterocycles. The van der Waals surface area contributed by atoms with Crippen LogP contribution in [0.15, 0.2) is 0 Å². The van der Waals surface area contributed by atoms with Gasteiger partial charge < -0.3 is 14.7 Å². The van der Waals surface area contributed by atoms with E-state index in [0.29, 0.717) is 19.8 Å².